The minimum Gasteiger partial charge on any atom is -0.463 e. The van der Waals surface area contributed by atoms with Crippen LogP contribution in [0.5, 0.6) is 0 Å². The molecule has 18 heavy (non-hydrogen) atoms. The SMILES string of the molecule is CCCNCc1oc(CN2CCCCC2)cc1C. The highest BCUT2D eigenvalue weighted by Crippen LogP contribution is 2.18. The number of piperidine rings is 1. The molecule has 1 aromatic rings. The standard InChI is InChI=1S/C15H26N2O/c1-3-7-16-11-15-13(2)10-14(18-15)12-17-8-5-4-6-9-17/h10,16H,3-9,11-12H2,1-2H3. The molecule has 0 radical (unpaired) electrons. The van der Waals surface area contributed by atoms with Gasteiger partial charge in [0.05, 0.1) is 13.1 Å². The highest BCUT2D eigenvalue weighted by molar-refractivity contribution is 5.20. The molecule has 1 aliphatic rings. The molecule has 0 bridgehead atoms. The molecule has 0 aliphatic carbocycles. The van der Waals surface area contributed by atoms with Gasteiger partial charge in [0.1, 0.15) is 11.5 Å². The van der Waals surface area contributed by atoms with Gasteiger partial charge in [0.15, 0.2) is 0 Å². The van der Waals surface area contributed by atoms with Crippen LogP contribution in [0.2, 0.25) is 0 Å². The number of likely N-dealkylation sites (tertiary alicyclic amines) is 1. The van der Waals surface area contributed by atoms with Gasteiger partial charge in [0.2, 0.25) is 0 Å². The lowest BCUT2D eigenvalue weighted by Gasteiger charge is -2.25. The van der Waals surface area contributed by atoms with Gasteiger partial charge >= 0.3 is 0 Å². The fourth-order valence-corrected chi connectivity index (χ4v) is 2.56. The summed E-state index contributed by atoms with van der Waals surface area (Å²) in [7, 11) is 0. The van der Waals surface area contributed by atoms with E-state index in [0.29, 0.717) is 0 Å². The smallest absolute Gasteiger partial charge is 0.120 e. The van der Waals surface area contributed by atoms with Crippen molar-refractivity contribution in [1.29, 1.82) is 0 Å². The Kier molecular flexibility index (Phi) is 5.26. The van der Waals surface area contributed by atoms with Crippen LogP contribution in [0.25, 0.3) is 0 Å². The summed E-state index contributed by atoms with van der Waals surface area (Å²) in [5, 5.41) is 3.40. The molecule has 3 heteroatoms. The first-order valence-electron chi connectivity index (χ1n) is 7.31. The summed E-state index contributed by atoms with van der Waals surface area (Å²) < 4.78 is 5.96. The number of nitrogens with zero attached hydrogens (tertiary/aromatic N) is 1. The molecule has 0 saturated carbocycles. The van der Waals surface area contributed by atoms with Crippen molar-refractivity contribution in [3.8, 4) is 0 Å². The zero-order chi connectivity index (χ0) is 12.8. The summed E-state index contributed by atoms with van der Waals surface area (Å²) in [6.07, 6.45) is 5.23. The van der Waals surface area contributed by atoms with Crippen LogP contribution in [-0.4, -0.2) is 24.5 Å². The molecule has 1 aliphatic heterocycles. The zero-order valence-electron chi connectivity index (χ0n) is 11.8. The summed E-state index contributed by atoms with van der Waals surface area (Å²) in [6.45, 7) is 9.68. The van der Waals surface area contributed by atoms with E-state index in [1.54, 1.807) is 0 Å². The van der Waals surface area contributed by atoms with Gasteiger partial charge in [-0.15, -0.1) is 0 Å². The van der Waals surface area contributed by atoms with Crippen molar-refractivity contribution in [2.75, 3.05) is 19.6 Å². The molecule has 0 spiro atoms. The van der Waals surface area contributed by atoms with Crippen molar-refractivity contribution in [3.63, 3.8) is 0 Å². The van der Waals surface area contributed by atoms with Crippen LogP contribution in [0.3, 0.4) is 0 Å². The molecule has 0 unspecified atom stereocenters. The van der Waals surface area contributed by atoms with Gasteiger partial charge in [0.25, 0.3) is 0 Å². The first-order chi connectivity index (χ1) is 8.79. The molecule has 2 rings (SSSR count). The number of nitrogens with one attached hydrogen (secondary N) is 1. The van der Waals surface area contributed by atoms with E-state index < -0.39 is 0 Å². The number of hydrogen-bond donors (Lipinski definition) is 1. The molecule has 1 N–H and O–H groups in total. The summed E-state index contributed by atoms with van der Waals surface area (Å²) in [4.78, 5) is 2.50. The second kappa shape index (κ2) is 6.95. The Balaban J connectivity index is 1.86. The van der Waals surface area contributed by atoms with E-state index in [9.17, 15) is 0 Å². The molecule has 1 aromatic heterocycles. The highest BCUT2D eigenvalue weighted by atomic mass is 16.3. The molecule has 1 fully saturated rings. The maximum atomic E-state index is 5.96. The highest BCUT2D eigenvalue weighted by Gasteiger charge is 2.14. The molecule has 102 valence electrons. The summed E-state index contributed by atoms with van der Waals surface area (Å²) >= 11 is 0. The van der Waals surface area contributed by atoms with Crippen LogP contribution in [0.15, 0.2) is 10.5 Å². The molecule has 0 atom stereocenters. The van der Waals surface area contributed by atoms with Crippen LogP contribution in [0.1, 0.15) is 49.7 Å². The monoisotopic (exact) mass is 250 g/mol. The Hall–Kier alpha value is -0.800. The quantitative estimate of drug-likeness (QED) is 0.787. The van der Waals surface area contributed by atoms with Crippen molar-refractivity contribution < 1.29 is 4.42 Å². The lowest BCUT2D eigenvalue weighted by Crippen LogP contribution is -2.28. The predicted octanol–water partition coefficient (Wildman–Crippen LogP) is 3.07. The predicted molar refractivity (Wildman–Crippen MR) is 74.6 cm³/mol. The second-order valence-electron chi connectivity index (χ2n) is 5.33. The van der Waals surface area contributed by atoms with E-state index >= 15 is 0 Å². The summed E-state index contributed by atoms with van der Waals surface area (Å²) in [6, 6.07) is 2.21. The first-order valence-corrected chi connectivity index (χ1v) is 7.31. The normalized spacial score (nSPS) is 17.2. The van der Waals surface area contributed by atoms with Gasteiger partial charge in [-0.1, -0.05) is 13.3 Å². The Morgan fingerprint density at radius 1 is 1.28 bits per heavy atom. The van der Waals surface area contributed by atoms with Crippen LogP contribution in [0.4, 0.5) is 0 Å². The lowest BCUT2D eigenvalue weighted by molar-refractivity contribution is 0.203. The van der Waals surface area contributed by atoms with Gasteiger partial charge in [-0.2, -0.15) is 0 Å². The number of rotatable bonds is 6. The average molecular weight is 250 g/mol. The zero-order valence-corrected chi connectivity index (χ0v) is 11.8. The average Bonchev–Trinajstić information content (AvgIpc) is 2.71. The van der Waals surface area contributed by atoms with Gasteiger partial charge in [-0.3, -0.25) is 4.90 Å². The molecule has 0 amide bonds. The van der Waals surface area contributed by atoms with Crippen molar-refractivity contribution in [1.82, 2.24) is 10.2 Å². The maximum Gasteiger partial charge on any atom is 0.120 e. The second-order valence-corrected chi connectivity index (χ2v) is 5.33. The molecular formula is C15H26N2O. The minimum absolute atomic E-state index is 0.861. The van der Waals surface area contributed by atoms with Gasteiger partial charge in [-0.05, 0) is 57.5 Å². The van der Waals surface area contributed by atoms with Crippen LogP contribution in [0, 0.1) is 6.92 Å². The summed E-state index contributed by atoms with van der Waals surface area (Å²) in [5.74, 6) is 2.23. The van der Waals surface area contributed by atoms with E-state index in [0.717, 1.165) is 31.2 Å². The number of furan rings is 1. The fraction of sp³-hybridized carbons (Fsp3) is 0.733. The van der Waals surface area contributed by atoms with Crippen molar-refractivity contribution in [2.24, 2.45) is 0 Å². The van der Waals surface area contributed by atoms with Gasteiger partial charge in [-0.25, -0.2) is 0 Å². The fourth-order valence-electron chi connectivity index (χ4n) is 2.56. The lowest BCUT2D eigenvalue weighted by atomic mass is 10.1. The largest absolute Gasteiger partial charge is 0.463 e. The third-order valence-corrected chi connectivity index (χ3v) is 3.61. The summed E-state index contributed by atoms with van der Waals surface area (Å²) in [5.41, 5.74) is 1.28. The molecule has 1 saturated heterocycles. The molecular weight excluding hydrogens is 224 g/mol. The van der Waals surface area contributed by atoms with E-state index in [2.05, 4.69) is 30.1 Å². The Labute approximate surface area is 111 Å². The molecule has 2 heterocycles. The van der Waals surface area contributed by atoms with E-state index in [4.69, 9.17) is 4.42 Å². The van der Waals surface area contributed by atoms with Crippen LogP contribution < -0.4 is 5.32 Å². The molecule has 3 nitrogen and oxygen atoms in total. The van der Waals surface area contributed by atoms with Crippen LogP contribution in [-0.2, 0) is 13.1 Å². The topological polar surface area (TPSA) is 28.4 Å². The third-order valence-electron chi connectivity index (χ3n) is 3.61. The number of hydrogen-bond acceptors (Lipinski definition) is 3. The van der Waals surface area contributed by atoms with Gasteiger partial charge < -0.3 is 9.73 Å². The van der Waals surface area contributed by atoms with Crippen molar-refractivity contribution in [3.05, 3.63) is 23.2 Å². The van der Waals surface area contributed by atoms with Crippen molar-refractivity contribution >= 4 is 0 Å². The number of aryl methyl sites for hydroxylation is 1. The van der Waals surface area contributed by atoms with Gasteiger partial charge in [0, 0.05) is 0 Å². The maximum absolute atomic E-state index is 5.96. The van der Waals surface area contributed by atoms with Crippen LogP contribution >= 0.6 is 0 Å². The Morgan fingerprint density at radius 2 is 2.06 bits per heavy atom. The Morgan fingerprint density at radius 3 is 2.78 bits per heavy atom. The molecule has 0 aromatic carbocycles. The van der Waals surface area contributed by atoms with E-state index in [1.165, 1.54) is 44.3 Å². The van der Waals surface area contributed by atoms with E-state index in [-0.39, 0.29) is 0 Å². The van der Waals surface area contributed by atoms with Crippen molar-refractivity contribution in [2.45, 2.75) is 52.6 Å². The first kappa shape index (κ1) is 13.6. The van der Waals surface area contributed by atoms with E-state index in [1.807, 2.05) is 0 Å². The Bertz CT molecular complexity index is 353. The minimum atomic E-state index is 0.861. The third kappa shape index (κ3) is 3.85.